The van der Waals surface area contributed by atoms with Gasteiger partial charge in [0.15, 0.2) is 0 Å². The highest BCUT2D eigenvalue weighted by Gasteiger charge is 2.37. The van der Waals surface area contributed by atoms with Crippen LogP contribution in [0, 0.1) is 24.0 Å². The fraction of sp³-hybridized carbons (Fsp3) is 0.294. The lowest BCUT2D eigenvalue weighted by molar-refractivity contribution is -0.385. The van der Waals surface area contributed by atoms with Gasteiger partial charge in [-0.3, -0.25) is 14.4 Å². The third kappa shape index (κ3) is 2.45. The van der Waals surface area contributed by atoms with Crippen molar-refractivity contribution in [1.29, 1.82) is 0 Å². The van der Waals surface area contributed by atoms with Crippen LogP contribution >= 0.6 is 0 Å². The predicted molar refractivity (Wildman–Crippen MR) is 91.8 cm³/mol. The summed E-state index contributed by atoms with van der Waals surface area (Å²) in [5.74, 6) is 0. The lowest BCUT2D eigenvalue weighted by Crippen LogP contribution is -2.36. The van der Waals surface area contributed by atoms with Crippen molar-refractivity contribution < 1.29 is 13.3 Å². The molecular formula is C17H18N2O4S. The van der Waals surface area contributed by atoms with Crippen LogP contribution in [0.4, 0.5) is 11.4 Å². The van der Waals surface area contributed by atoms with E-state index in [1.807, 2.05) is 19.1 Å². The van der Waals surface area contributed by atoms with Gasteiger partial charge in [-0.1, -0.05) is 18.2 Å². The summed E-state index contributed by atoms with van der Waals surface area (Å²) < 4.78 is 27.9. The van der Waals surface area contributed by atoms with Crippen LogP contribution in [0.5, 0.6) is 0 Å². The number of rotatable bonds is 3. The highest BCUT2D eigenvalue weighted by atomic mass is 32.2. The van der Waals surface area contributed by atoms with E-state index in [0.29, 0.717) is 23.2 Å². The Bertz CT molecular complexity index is 938. The maximum Gasteiger partial charge on any atom is 0.271 e. The van der Waals surface area contributed by atoms with Crippen LogP contribution in [0.2, 0.25) is 0 Å². The molecule has 0 spiro atoms. The van der Waals surface area contributed by atoms with Gasteiger partial charge in [-0.25, -0.2) is 8.42 Å². The summed E-state index contributed by atoms with van der Waals surface area (Å²) in [5.41, 5.74) is 2.53. The van der Waals surface area contributed by atoms with E-state index in [2.05, 4.69) is 0 Å². The van der Waals surface area contributed by atoms with Crippen molar-refractivity contribution in [2.45, 2.75) is 38.1 Å². The third-order valence-electron chi connectivity index (χ3n) is 4.50. The SMILES string of the molecule is Cc1cc([N+](=O)[O-])cc(S(=O)(=O)N2c3ccccc3CC2C)c1C. The minimum atomic E-state index is -3.88. The third-order valence-corrected chi connectivity index (χ3v) is 6.55. The van der Waals surface area contributed by atoms with Crippen LogP contribution < -0.4 is 4.31 Å². The Morgan fingerprint density at radius 3 is 2.54 bits per heavy atom. The Hall–Kier alpha value is -2.41. The normalized spacial score (nSPS) is 17.0. The summed E-state index contributed by atoms with van der Waals surface area (Å²) in [6, 6.07) is 9.69. The van der Waals surface area contributed by atoms with Crippen molar-refractivity contribution in [3.8, 4) is 0 Å². The maximum atomic E-state index is 13.3. The van der Waals surface area contributed by atoms with Crippen molar-refractivity contribution in [3.05, 3.63) is 63.2 Å². The fourth-order valence-corrected chi connectivity index (χ4v) is 5.21. The zero-order valence-corrected chi connectivity index (χ0v) is 14.5. The molecule has 7 heteroatoms. The van der Waals surface area contributed by atoms with Gasteiger partial charge < -0.3 is 0 Å². The summed E-state index contributed by atoms with van der Waals surface area (Å²) in [7, 11) is -3.88. The second-order valence-corrected chi connectivity index (χ2v) is 7.91. The second kappa shape index (κ2) is 5.59. The van der Waals surface area contributed by atoms with Gasteiger partial charge in [-0.05, 0) is 49.9 Å². The first kappa shape index (κ1) is 16.4. The second-order valence-electron chi connectivity index (χ2n) is 6.13. The molecule has 1 atom stereocenters. The smallest absolute Gasteiger partial charge is 0.263 e. The number of benzene rings is 2. The molecular weight excluding hydrogens is 328 g/mol. The van der Waals surface area contributed by atoms with E-state index >= 15 is 0 Å². The molecule has 0 radical (unpaired) electrons. The van der Waals surface area contributed by atoms with Gasteiger partial charge in [-0.2, -0.15) is 0 Å². The standard InChI is InChI=1S/C17H18N2O4S/c1-11-8-15(19(20)21)10-17(13(11)3)24(22,23)18-12(2)9-14-6-4-5-7-16(14)18/h4-8,10,12H,9H2,1-3H3. The first-order valence-corrected chi connectivity index (χ1v) is 9.05. The topological polar surface area (TPSA) is 80.5 Å². The van der Waals surface area contributed by atoms with Crippen LogP contribution in [0.25, 0.3) is 0 Å². The van der Waals surface area contributed by atoms with E-state index in [0.717, 1.165) is 11.6 Å². The number of nitrogens with zero attached hydrogens (tertiary/aromatic N) is 2. The monoisotopic (exact) mass is 346 g/mol. The number of aryl methyl sites for hydroxylation is 1. The summed E-state index contributed by atoms with van der Waals surface area (Å²) in [5, 5.41) is 11.1. The van der Waals surface area contributed by atoms with Crippen LogP contribution in [0.1, 0.15) is 23.6 Å². The Balaban J connectivity index is 2.21. The van der Waals surface area contributed by atoms with E-state index in [4.69, 9.17) is 0 Å². The molecule has 1 unspecified atom stereocenters. The number of anilines is 1. The van der Waals surface area contributed by atoms with Crippen LogP contribution in [0.3, 0.4) is 0 Å². The van der Waals surface area contributed by atoms with Gasteiger partial charge in [0, 0.05) is 18.2 Å². The molecule has 0 amide bonds. The van der Waals surface area contributed by atoms with Gasteiger partial charge in [0.2, 0.25) is 0 Å². The molecule has 1 aliphatic heterocycles. The van der Waals surface area contributed by atoms with Crippen molar-refractivity contribution in [3.63, 3.8) is 0 Å². The fourth-order valence-electron chi connectivity index (χ4n) is 3.19. The molecule has 2 aromatic rings. The van der Waals surface area contributed by atoms with E-state index in [9.17, 15) is 18.5 Å². The number of hydrogen-bond donors (Lipinski definition) is 0. The van der Waals surface area contributed by atoms with Crippen molar-refractivity contribution in [1.82, 2.24) is 0 Å². The number of fused-ring (bicyclic) bond motifs is 1. The van der Waals surface area contributed by atoms with E-state index < -0.39 is 14.9 Å². The Labute approximate surface area is 140 Å². The zero-order chi connectivity index (χ0) is 17.6. The van der Waals surface area contributed by atoms with Crippen LogP contribution in [0.15, 0.2) is 41.3 Å². The summed E-state index contributed by atoms with van der Waals surface area (Å²) >= 11 is 0. The molecule has 0 saturated carbocycles. The van der Waals surface area contributed by atoms with Gasteiger partial charge in [0.25, 0.3) is 15.7 Å². The molecule has 0 aliphatic carbocycles. The lowest BCUT2D eigenvalue weighted by Gasteiger charge is -2.25. The number of nitro groups is 1. The zero-order valence-electron chi connectivity index (χ0n) is 13.7. The maximum absolute atomic E-state index is 13.3. The highest BCUT2D eigenvalue weighted by molar-refractivity contribution is 7.93. The molecule has 0 saturated heterocycles. The average Bonchev–Trinajstić information content (AvgIpc) is 2.85. The first-order valence-electron chi connectivity index (χ1n) is 7.61. The number of sulfonamides is 1. The molecule has 1 aliphatic rings. The van der Waals surface area contributed by atoms with Crippen molar-refractivity contribution in [2.24, 2.45) is 0 Å². The Morgan fingerprint density at radius 1 is 1.21 bits per heavy atom. The predicted octanol–water partition coefficient (Wildman–Crippen LogP) is 3.35. The minimum absolute atomic E-state index is 0.00208. The van der Waals surface area contributed by atoms with Gasteiger partial charge in [-0.15, -0.1) is 0 Å². The molecule has 0 N–H and O–H groups in total. The number of non-ortho nitro benzene ring substituents is 1. The van der Waals surface area contributed by atoms with E-state index in [1.54, 1.807) is 26.0 Å². The molecule has 0 aromatic heterocycles. The number of nitro benzene ring substituents is 1. The number of para-hydroxylation sites is 1. The molecule has 126 valence electrons. The number of hydrogen-bond acceptors (Lipinski definition) is 4. The van der Waals surface area contributed by atoms with E-state index in [1.165, 1.54) is 10.4 Å². The largest absolute Gasteiger partial charge is 0.271 e. The van der Waals surface area contributed by atoms with Gasteiger partial charge in [0.05, 0.1) is 15.5 Å². The molecule has 2 aromatic carbocycles. The first-order chi connectivity index (χ1) is 11.2. The van der Waals surface area contributed by atoms with Gasteiger partial charge >= 0.3 is 0 Å². The van der Waals surface area contributed by atoms with Crippen LogP contribution in [-0.4, -0.2) is 19.4 Å². The summed E-state index contributed by atoms with van der Waals surface area (Å²) in [4.78, 5) is 10.6. The molecule has 6 nitrogen and oxygen atoms in total. The Morgan fingerprint density at radius 2 is 1.88 bits per heavy atom. The summed E-state index contributed by atoms with van der Waals surface area (Å²) in [6.07, 6.45) is 0.627. The summed E-state index contributed by atoms with van der Waals surface area (Å²) in [6.45, 7) is 5.21. The molecule has 3 rings (SSSR count). The highest BCUT2D eigenvalue weighted by Crippen LogP contribution is 2.38. The average molecular weight is 346 g/mol. The quantitative estimate of drug-likeness (QED) is 0.630. The Kier molecular flexibility index (Phi) is 3.83. The molecule has 0 fully saturated rings. The molecule has 1 heterocycles. The van der Waals surface area contributed by atoms with Crippen molar-refractivity contribution >= 4 is 21.4 Å². The molecule has 24 heavy (non-hydrogen) atoms. The van der Waals surface area contributed by atoms with Crippen LogP contribution in [-0.2, 0) is 16.4 Å². The minimum Gasteiger partial charge on any atom is -0.263 e. The lowest BCUT2D eigenvalue weighted by atomic mass is 10.1. The van der Waals surface area contributed by atoms with E-state index in [-0.39, 0.29) is 16.6 Å². The van der Waals surface area contributed by atoms with Gasteiger partial charge in [0.1, 0.15) is 0 Å². The molecule has 0 bridgehead atoms. The van der Waals surface area contributed by atoms with Crippen molar-refractivity contribution in [2.75, 3.05) is 4.31 Å².